The Morgan fingerprint density at radius 2 is 2.29 bits per heavy atom. The molecule has 1 saturated heterocycles. The van der Waals surface area contributed by atoms with Crippen LogP contribution in [0.5, 0.6) is 0 Å². The summed E-state index contributed by atoms with van der Waals surface area (Å²) in [5, 5.41) is 3.46. The van der Waals surface area contributed by atoms with Crippen molar-refractivity contribution in [2.24, 2.45) is 5.92 Å². The van der Waals surface area contributed by atoms with Crippen LogP contribution in [0.3, 0.4) is 0 Å². The summed E-state index contributed by atoms with van der Waals surface area (Å²) in [6.45, 7) is 1.31. The largest absolute Gasteiger partial charge is 0.314 e. The maximum Gasteiger partial charge on any atom is 0.00704 e. The first-order chi connectivity index (χ1) is 3.45. The van der Waals surface area contributed by atoms with Gasteiger partial charge < -0.3 is 5.32 Å². The predicted molar refractivity (Wildman–Crippen MR) is 29.1 cm³/mol. The number of hydrogen-bond acceptors (Lipinski definition) is 1. The van der Waals surface area contributed by atoms with Gasteiger partial charge in [-0.3, -0.25) is 0 Å². The fourth-order valence-corrected chi connectivity index (χ4v) is 1.78. The Kier molecular flexibility index (Phi) is 0.680. The van der Waals surface area contributed by atoms with Crippen LogP contribution in [0, 0.1) is 5.92 Å². The first kappa shape index (κ1) is 3.90. The third-order valence-corrected chi connectivity index (χ3v) is 2.24. The minimum absolute atomic E-state index is 0.921. The third-order valence-electron chi connectivity index (χ3n) is 2.24. The SMILES string of the molecule is C1C[C@H]2C[C@@H]1CN2. The van der Waals surface area contributed by atoms with Crippen LogP contribution in [0.15, 0.2) is 0 Å². The smallest absolute Gasteiger partial charge is 0.00704 e. The molecule has 1 heterocycles. The van der Waals surface area contributed by atoms with Gasteiger partial charge >= 0.3 is 0 Å². The van der Waals surface area contributed by atoms with Crippen molar-refractivity contribution in [3.05, 3.63) is 0 Å². The second-order valence-electron chi connectivity index (χ2n) is 2.78. The highest BCUT2D eigenvalue weighted by Gasteiger charge is 2.30. The van der Waals surface area contributed by atoms with E-state index >= 15 is 0 Å². The fourth-order valence-electron chi connectivity index (χ4n) is 1.78. The van der Waals surface area contributed by atoms with E-state index in [1.807, 2.05) is 0 Å². The molecule has 1 nitrogen and oxygen atoms in total. The summed E-state index contributed by atoms with van der Waals surface area (Å²) in [5.74, 6) is 1.06. The zero-order valence-corrected chi connectivity index (χ0v) is 4.48. The highest BCUT2D eigenvalue weighted by atomic mass is 15.0. The van der Waals surface area contributed by atoms with Gasteiger partial charge in [-0.2, -0.15) is 0 Å². The van der Waals surface area contributed by atoms with Crippen LogP contribution in [0.1, 0.15) is 19.3 Å². The Morgan fingerprint density at radius 1 is 1.29 bits per heavy atom. The normalized spacial score (nSPS) is 48.0. The van der Waals surface area contributed by atoms with E-state index in [1.54, 1.807) is 0 Å². The summed E-state index contributed by atoms with van der Waals surface area (Å²) in [6.07, 6.45) is 4.42. The molecule has 40 valence electrons. The molecule has 1 aliphatic heterocycles. The van der Waals surface area contributed by atoms with Gasteiger partial charge in [0.15, 0.2) is 0 Å². The number of piperidine rings is 1. The molecule has 0 radical (unpaired) electrons. The van der Waals surface area contributed by atoms with Crippen molar-refractivity contribution in [3.8, 4) is 0 Å². The number of nitrogens with one attached hydrogen (secondary N) is 1. The molecule has 1 saturated carbocycles. The first-order valence-electron chi connectivity index (χ1n) is 3.18. The quantitative estimate of drug-likeness (QED) is 0.470. The van der Waals surface area contributed by atoms with Crippen LogP contribution in [0.2, 0.25) is 0 Å². The molecule has 1 aliphatic carbocycles. The van der Waals surface area contributed by atoms with Crippen LogP contribution in [0.25, 0.3) is 0 Å². The molecule has 0 aromatic carbocycles. The van der Waals surface area contributed by atoms with Gasteiger partial charge in [0.2, 0.25) is 0 Å². The summed E-state index contributed by atoms with van der Waals surface area (Å²) < 4.78 is 0. The van der Waals surface area contributed by atoms with E-state index in [9.17, 15) is 0 Å². The molecule has 1 heteroatoms. The molecule has 2 rings (SSSR count). The Hall–Kier alpha value is -0.0400. The van der Waals surface area contributed by atoms with E-state index in [4.69, 9.17) is 0 Å². The molecule has 2 aliphatic rings. The molecule has 0 spiro atoms. The standard InChI is InChI=1S/C6H11N/c1-2-6-3-5(1)4-7-6/h5-7H,1-4H2/t5-,6+/m1/s1. The Bertz CT molecular complexity index is 62.2. The minimum Gasteiger partial charge on any atom is -0.314 e. The van der Waals surface area contributed by atoms with Crippen molar-refractivity contribution in [2.75, 3.05) is 6.54 Å². The molecule has 0 amide bonds. The second-order valence-corrected chi connectivity index (χ2v) is 2.78. The van der Waals surface area contributed by atoms with E-state index < -0.39 is 0 Å². The number of rotatable bonds is 0. The molecule has 2 bridgehead atoms. The molecule has 0 unspecified atom stereocenters. The zero-order chi connectivity index (χ0) is 4.69. The molecule has 2 atom stereocenters. The first-order valence-corrected chi connectivity index (χ1v) is 3.18. The highest BCUT2D eigenvalue weighted by molar-refractivity contribution is 4.88. The molecule has 1 N–H and O–H groups in total. The van der Waals surface area contributed by atoms with Crippen LogP contribution in [0.4, 0.5) is 0 Å². The van der Waals surface area contributed by atoms with Gasteiger partial charge in [0.1, 0.15) is 0 Å². The van der Waals surface area contributed by atoms with E-state index in [0.717, 1.165) is 12.0 Å². The lowest BCUT2D eigenvalue weighted by Gasteiger charge is -2.08. The molecular weight excluding hydrogens is 86.1 g/mol. The maximum atomic E-state index is 3.46. The lowest BCUT2D eigenvalue weighted by Crippen LogP contribution is -2.23. The van der Waals surface area contributed by atoms with Gasteiger partial charge in [-0.15, -0.1) is 0 Å². The summed E-state index contributed by atoms with van der Waals surface area (Å²) >= 11 is 0. The molecule has 0 aromatic heterocycles. The molecular formula is C6H11N. The Morgan fingerprint density at radius 3 is 2.43 bits per heavy atom. The van der Waals surface area contributed by atoms with Gasteiger partial charge in [0, 0.05) is 6.04 Å². The average Bonchev–Trinajstić information content (AvgIpc) is 2.22. The predicted octanol–water partition coefficient (Wildman–Crippen LogP) is 0.758. The summed E-state index contributed by atoms with van der Waals surface area (Å²) in [6, 6.07) is 0.921. The molecule has 7 heavy (non-hydrogen) atoms. The van der Waals surface area contributed by atoms with Crippen LogP contribution < -0.4 is 5.32 Å². The third kappa shape index (κ3) is 0.480. The van der Waals surface area contributed by atoms with Crippen molar-refractivity contribution >= 4 is 0 Å². The monoisotopic (exact) mass is 97.1 g/mol. The van der Waals surface area contributed by atoms with Gasteiger partial charge in [0.05, 0.1) is 0 Å². The summed E-state index contributed by atoms with van der Waals surface area (Å²) in [5.41, 5.74) is 0. The van der Waals surface area contributed by atoms with Crippen molar-refractivity contribution in [3.63, 3.8) is 0 Å². The maximum absolute atomic E-state index is 3.46. The molecule has 0 aromatic rings. The lowest BCUT2D eigenvalue weighted by atomic mass is 10.1. The minimum atomic E-state index is 0.921. The topological polar surface area (TPSA) is 12.0 Å². The van der Waals surface area contributed by atoms with Crippen molar-refractivity contribution < 1.29 is 0 Å². The van der Waals surface area contributed by atoms with Crippen molar-refractivity contribution in [1.82, 2.24) is 5.32 Å². The van der Waals surface area contributed by atoms with Gasteiger partial charge in [-0.25, -0.2) is 0 Å². The lowest BCUT2D eigenvalue weighted by molar-refractivity contribution is 0.504. The number of fused-ring (bicyclic) bond motifs is 2. The highest BCUT2D eigenvalue weighted by Crippen LogP contribution is 2.29. The molecule has 2 fully saturated rings. The van der Waals surface area contributed by atoms with E-state index in [-0.39, 0.29) is 0 Å². The Balaban J connectivity index is 2.12. The second kappa shape index (κ2) is 1.22. The van der Waals surface area contributed by atoms with Crippen LogP contribution in [-0.2, 0) is 0 Å². The van der Waals surface area contributed by atoms with Crippen LogP contribution >= 0.6 is 0 Å². The van der Waals surface area contributed by atoms with E-state index in [2.05, 4.69) is 5.32 Å². The average molecular weight is 97.2 g/mol. The van der Waals surface area contributed by atoms with E-state index in [0.29, 0.717) is 0 Å². The number of hydrogen-bond donors (Lipinski definition) is 1. The van der Waals surface area contributed by atoms with Crippen molar-refractivity contribution in [2.45, 2.75) is 25.3 Å². The van der Waals surface area contributed by atoms with Crippen molar-refractivity contribution in [1.29, 1.82) is 0 Å². The summed E-state index contributed by atoms with van der Waals surface area (Å²) in [4.78, 5) is 0. The van der Waals surface area contributed by atoms with Gasteiger partial charge in [0.25, 0.3) is 0 Å². The Labute approximate surface area is 44.1 Å². The van der Waals surface area contributed by atoms with Gasteiger partial charge in [-0.1, -0.05) is 0 Å². The van der Waals surface area contributed by atoms with Gasteiger partial charge in [-0.05, 0) is 31.7 Å². The van der Waals surface area contributed by atoms with E-state index in [1.165, 1.54) is 25.8 Å². The fraction of sp³-hybridized carbons (Fsp3) is 1.00. The van der Waals surface area contributed by atoms with Crippen LogP contribution in [-0.4, -0.2) is 12.6 Å². The summed E-state index contributed by atoms with van der Waals surface area (Å²) in [7, 11) is 0. The zero-order valence-electron chi connectivity index (χ0n) is 4.48.